The van der Waals surface area contributed by atoms with Gasteiger partial charge in [0.05, 0.1) is 24.3 Å². The van der Waals surface area contributed by atoms with E-state index in [1.807, 2.05) is 73.7 Å². The second-order valence-electron chi connectivity index (χ2n) is 7.13. The molecule has 0 N–H and O–H groups in total. The summed E-state index contributed by atoms with van der Waals surface area (Å²) in [5.41, 5.74) is 2.62. The number of anilines is 1. The molecular weight excluding hydrogens is 454 g/mol. The maximum Gasteiger partial charge on any atom is 0.270 e. The van der Waals surface area contributed by atoms with Gasteiger partial charge in [0.1, 0.15) is 12.4 Å². The molecule has 7 heteroatoms. The lowest BCUT2D eigenvalue weighted by Crippen LogP contribution is -2.27. The zero-order chi connectivity index (χ0) is 23.2. The number of hydrogen-bond acceptors (Lipinski definition) is 6. The molecule has 0 atom stereocenters. The largest absolute Gasteiger partial charge is 0.497 e. The van der Waals surface area contributed by atoms with Crippen LogP contribution in [-0.4, -0.2) is 23.9 Å². The van der Waals surface area contributed by atoms with Crippen molar-refractivity contribution in [3.8, 4) is 17.2 Å². The highest BCUT2D eigenvalue weighted by Gasteiger charge is 2.33. The number of ether oxygens (including phenoxy) is 3. The van der Waals surface area contributed by atoms with Gasteiger partial charge in [-0.2, -0.15) is 0 Å². The molecule has 4 rings (SSSR count). The summed E-state index contributed by atoms with van der Waals surface area (Å²) in [6.45, 7) is 2.87. The zero-order valence-electron chi connectivity index (χ0n) is 18.3. The van der Waals surface area contributed by atoms with E-state index in [2.05, 4.69) is 0 Å². The summed E-state index contributed by atoms with van der Waals surface area (Å²) in [5.74, 6) is 1.85. The molecule has 3 aromatic rings. The van der Waals surface area contributed by atoms with Crippen LogP contribution in [0.2, 0.25) is 0 Å². The molecule has 1 aliphatic heterocycles. The smallest absolute Gasteiger partial charge is 0.270 e. The second-order valence-corrected chi connectivity index (χ2v) is 8.80. The van der Waals surface area contributed by atoms with Crippen LogP contribution in [-0.2, 0) is 11.4 Å². The molecule has 0 aliphatic carbocycles. The lowest BCUT2D eigenvalue weighted by atomic mass is 10.1. The first kappa shape index (κ1) is 22.9. The Kier molecular flexibility index (Phi) is 7.32. The highest BCUT2D eigenvalue weighted by molar-refractivity contribution is 8.27. The molecule has 0 unspecified atom stereocenters. The average Bonchev–Trinajstić information content (AvgIpc) is 3.12. The van der Waals surface area contributed by atoms with Crippen molar-refractivity contribution in [2.75, 3.05) is 18.6 Å². The maximum absolute atomic E-state index is 13.1. The molecule has 1 aliphatic rings. The van der Waals surface area contributed by atoms with E-state index in [1.54, 1.807) is 19.2 Å². The number of carbonyl (C=O) groups is 1. The van der Waals surface area contributed by atoms with Crippen molar-refractivity contribution in [2.45, 2.75) is 13.5 Å². The summed E-state index contributed by atoms with van der Waals surface area (Å²) in [7, 11) is 1.60. The van der Waals surface area contributed by atoms with Crippen molar-refractivity contribution in [1.29, 1.82) is 0 Å². The van der Waals surface area contributed by atoms with E-state index in [4.69, 9.17) is 26.4 Å². The molecule has 5 nitrogen and oxygen atoms in total. The predicted octanol–water partition coefficient (Wildman–Crippen LogP) is 6.08. The molecule has 1 fully saturated rings. The van der Waals surface area contributed by atoms with Crippen molar-refractivity contribution < 1.29 is 19.0 Å². The minimum atomic E-state index is -0.155. The minimum Gasteiger partial charge on any atom is -0.497 e. The van der Waals surface area contributed by atoms with Gasteiger partial charge in [0.25, 0.3) is 5.91 Å². The molecule has 0 radical (unpaired) electrons. The Balaban J connectivity index is 1.54. The molecule has 1 heterocycles. The van der Waals surface area contributed by atoms with Crippen LogP contribution in [0.4, 0.5) is 5.69 Å². The SMILES string of the molecule is CCOc1cc(/C=C2\SC(=S)N(c3ccc(OC)cc3)C2=O)ccc1OCc1ccccc1. The Bertz CT molecular complexity index is 1180. The van der Waals surface area contributed by atoms with E-state index in [-0.39, 0.29) is 5.91 Å². The van der Waals surface area contributed by atoms with E-state index in [0.717, 1.165) is 16.9 Å². The number of hydrogen-bond donors (Lipinski definition) is 0. The van der Waals surface area contributed by atoms with E-state index < -0.39 is 0 Å². The van der Waals surface area contributed by atoms with Crippen molar-refractivity contribution in [3.63, 3.8) is 0 Å². The van der Waals surface area contributed by atoms with Gasteiger partial charge in [0.2, 0.25) is 0 Å². The van der Waals surface area contributed by atoms with Gasteiger partial charge in [-0.1, -0.05) is 60.4 Å². The molecule has 1 amide bonds. The molecule has 0 aromatic heterocycles. The number of methoxy groups -OCH3 is 1. The fourth-order valence-electron chi connectivity index (χ4n) is 3.31. The topological polar surface area (TPSA) is 48.0 Å². The van der Waals surface area contributed by atoms with Gasteiger partial charge in [-0.05, 0) is 60.5 Å². The van der Waals surface area contributed by atoms with Gasteiger partial charge in [-0.15, -0.1) is 0 Å². The Morgan fingerprint density at radius 3 is 2.42 bits per heavy atom. The fourth-order valence-corrected chi connectivity index (χ4v) is 4.61. The fraction of sp³-hybridized carbons (Fsp3) is 0.154. The number of benzene rings is 3. The molecule has 33 heavy (non-hydrogen) atoms. The number of thiocarbonyl (C=S) groups is 1. The summed E-state index contributed by atoms with van der Waals surface area (Å²) in [4.78, 5) is 15.2. The summed E-state index contributed by atoms with van der Waals surface area (Å²) >= 11 is 6.75. The minimum absolute atomic E-state index is 0.155. The third-order valence-electron chi connectivity index (χ3n) is 4.93. The average molecular weight is 478 g/mol. The molecule has 3 aromatic carbocycles. The first-order chi connectivity index (χ1) is 16.1. The quantitative estimate of drug-likeness (QED) is 0.290. The van der Waals surface area contributed by atoms with Crippen molar-refractivity contribution >= 4 is 46.0 Å². The third kappa shape index (κ3) is 5.38. The zero-order valence-corrected chi connectivity index (χ0v) is 19.9. The second kappa shape index (κ2) is 10.6. The van der Waals surface area contributed by atoms with E-state index in [1.165, 1.54) is 16.7 Å². The van der Waals surface area contributed by atoms with Gasteiger partial charge in [0.15, 0.2) is 15.8 Å². The lowest BCUT2D eigenvalue weighted by Gasteiger charge is -2.14. The van der Waals surface area contributed by atoms with Crippen molar-refractivity contribution in [3.05, 3.63) is 88.8 Å². The Hall–Kier alpha value is -3.29. The van der Waals surface area contributed by atoms with Crippen LogP contribution in [0.25, 0.3) is 6.08 Å². The van der Waals surface area contributed by atoms with Gasteiger partial charge in [-0.25, -0.2) is 0 Å². The molecule has 0 bridgehead atoms. The number of amides is 1. The van der Waals surface area contributed by atoms with E-state index >= 15 is 0 Å². The number of rotatable bonds is 8. The Labute approximate surface area is 203 Å². The normalized spacial score (nSPS) is 14.6. The standard InChI is InChI=1S/C26H23NO4S2/c1-3-30-23-15-19(9-14-22(23)31-17-18-7-5-4-6-8-18)16-24-25(28)27(26(32)33-24)20-10-12-21(29-2)13-11-20/h4-16H,3,17H2,1-2H3/b24-16-. The molecule has 168 valence electrons. The van der Waals surface area contributed by atoms with Crippen LogP contribution < -0.4 is 19.1 Å². The molecule has 0 saturated carbocycles. The van der Waals surface area contributed by atoms with Crippen LogP contribution in [0, 0.1) is 0 Å². The summed E-state index contributed by atoms with van der Waals surface area (Å²) in [6, 6.07) is 22.9. The summed E-state index contributed by atoms with van der Waals surface area (Å²) in [5, 5.41) is 0. The Morgan fingerprint density at radius 2 is 1.73 bits per heavy atom. The van der Waals surface area contributed by atoms with Crippen molar-refractivity contribution in [2.24, 2.45) is 0 Å². The first-order valence-electron chi connectivity index (χ1n) is 10.4. The van der Waals surface area contributed by atoms with Gasteiger partial charge in [0, 0.05) is 0 Å². The molecule has 1 saturated heterocycles. The predicted molar refractivity (Wildman–Crippen MR) is 137 cm³/mol. The highest BCUT2D eigenvalue weighted by atomic mass is 32.2. The van der Waals surface area contributed by atoms with Crippen LogP contribution in [0.15, 0.2) is 77.7 Å². The summed E-state index contributed by atoms with van der Waals surface area (Å²) in [6.07, 6.45) is 1.83. The first-order valence-corrected chi connectivity index (χ1v) is 11.7. The lowest BCUT2D eigenvalue weighted by molar-refractivity contribution is -0.113. The van der Waals surface area contributed by atoms with Gasteiger partial charge in [-0.3, -0.25) is 9.69 Å². The number of nitrogens with zero attached hydrogens (tertiary/aromatic N) is 1. The monoisotopic (exact) mass is 477 g/mol. The maximum atomic E-state index is 13.1. The van der Waals surface area contributed by atoms with Crippen LogP contribution in [0.1, 0.15) is 18.1 Å². The van der Waals surface area contributed by atoms with E-state index in [0.29, 0.717) is 39.6 Å². The van der Waals surface area contributed by atoms with E-state index in [9.17, 15) is 4.79 Å². The van der Waals surface area contributed by atoms with Crippen molar-refractivity contribution in [1.82, 2.24) is 0 Å². The number of carbonyl (C=O) groups excluding carboxylic acids is 1. The molecular formula is C26H23NO4S2. The third-order valence-corrected chi connectivity index (χ3v) is 6.23. The highest BCUT2D eigenvalue weighted by Crippen LogP contribution is 2.37. The summed E-state index contributed by atoms with van der Waals surface area (Å²) < 4.78 is 17.5. The van der Waals surface area contributed by atoms with Crippen LogP contribution in [0.5, 0.6) is 17.2 Å². The Morgan fingerprint density at radius 1 is 0.970 bits per heavy atom. The van der Waals surface area contributed by atoms with Crippen LogP contribution >= 0.6 is 24.0 Å². The van der Waals surface area contributed by atoms with Gasteiger partial charge >= 0.3 is 0 Å². The molecule has 0 spiro atoms. The van der Waals surface area contributed by atoms with Gasteiger partial charge < -0.3 is 14.2 Å². The van der Waals surface area contributed by atoms with Crippen LogP contribution in [0.3, 0.4) is 0 Å². The number of thioether (sulfide) groups is 1.